The second-order valence-corrected chi connectivity index (χ2v) is 5.43. The number of nitrogens with zero attached hydrogens (tertiary/aromatic N) is 1. The highest BCUT2D eigenvalue weighted by molar-refractivity contribution is 6.17. The number of alkyl halides is 1. The van der Waals surface area contributed by atoms with Crippen LogP contribution in [-0.4, -0.2) is 19.0 Å². The van der Waals surface area contributed by atoms with Crippen molar-refractivity contribution in [2.45, 2.75) is 39.5 Å². The van der Waals surface area contributed by atoms with Crippen molar-refractivity contribution in [2.24, 2.45) is 5.92 Å². The van der Waals surface area contributed by atoms with Crippen molar-refractivity contribution >= 4 is 17.3 Å². The summed E-state index contributed by atoms with van der Waals surface area (Å²) in [5, 5.41) is 0. The zero-order chi connectivity index (χ0) is 13.2. The summed E-state index contributed by atoms with van der Waals surface area (Å²) in [6.45, 7) is 6.85. The molecule has 0 radical (unpaired) electrons. The molecule has 0 aromatic heterocycles. The van der Waals surface area contributed by atoms with Crippen LogP contribution in [0.4, 0.5) is 5.69 Å². The summed E-state index contributed by atoms with van der Waals surface area (Å²) in [6, 6.07) is 10.7. The Morgan fingerprint density at radius 2 is 1.83 bits per heavy atom. The van der Waals surface area contributed by atoms with E-state index in [2.05, 4.69) is 49.1 Å². The molecular formula is C16H26ClN. The Labute approximate surface area is 117 Å². The Hall–Kier alpha value is -0.690. The third-order valence-electron chi connectivity index (χ3n) is 3.40. The Balaban J connectivity index is 2.51. The molecule has 1 aromatic carbocycles. The maximum absolute atomic E-state index is 5.80. The largest absolute Gasteiger partial charge is 0.372 e. The molecule has 0 aliphatic carbocycles. The first-order chi connectivity index (χ1) is 8.77. The summed E-state index contributed by atoms with van der Waals surface area (Å²) in [6.07, 6.45) is 4.86. The fraction of sp³-hybridized carbons (Fsp3) is 0.625. The highest BCUT2D eigenvalue weighted by Gasteiger charge is 2.08. The summed E-state index contributed by atoms with van der Waals surface area (Å²) in [5.41, 5.74) is 1.35. The van der Waals surface area contributed by atoms with E-state index in [1.54, 1.807) is 0 Å². The zero-order valence-corrected chi connectivity index (χ0v) is 12.5. The van der Waals surface area contributed by atoms with E-state index in [-0.39, 0.29) is 0 Å². The number of anilines is 1. The number of hydrogen-bond acceptors (Lipinski definition) is 1. The molecule has 18 heavy (non-hydrogen) atoms. The van der Waals surface area contributed by atoms with Crippen LogP contribution in [0, 0.1) is 5.92 Å². The highest BCUT2D eigenvalue weighted by atomic mass is 35.5. The van der Waals surface area contributed by atoms with E-state index < -0.39 is 0 Å². The number of halogens is 1. The predicted molar refractivity (Wildman–Crippen MR) is 82.7 cm³/mol. The molecule has 0 fully saturated rings. The summed E-state index contributed by atoms with van der Waals surface area (Å²) < 4.78 is 0. The van der Waals surface area contributed by atoms with E-state index in [0.717, 1.165) is 31.3 Å². The summed E-state index contributed by atoms with van der Waals surface area (Å²) in [7, 11) is 0. The third kappa shape index (κ3) is 5.77. The van der Waals surface area contributed by atoms with Gasteiger partial charge in [-0.25, -0.2) is 0 Å². The number of hydrogen-bond donors (Lipinski definition) is 0. The minimum absolute atomic E-state index is 0.718. The Morgan fingerprint density at radius 1 is 1.11 bits per heavy atom. The van der Waals surface area contributed by atoms with Crippen LogP contribution in [0.1, 0.15) is 39.5 Å². The van der Waals surface area contributed by atoms with E-state index in [4.69, 9.17) is 11.6 Å². The first kappa shape index (κ1) is 15.4. The normalized spacial score (nSPS) is 12.4. The van der Waals surface area contributed by atoms with E-state index in [0.29, 0.717) is 0 Å². The summed E-state index contributed by atoms with van der Waals surface area (Å²) in [4.78, 5) is 2.51. The maximum atomic E-state index is 5.80. The van der Waals surface area contributed by atoms with Crippen molar-refractivity contribution in [1.29, 1.82) is 0 Å². The molecule has 1 nitrogen and oxygen atoms in total. The van der Waals surface area contributed by atoms with E-state index in [1.165, 1.54) is 24.9 Å². The van der Waals surface area contributed by atoms with Crippen molar-refractivity contribution < 1.29 is 0 Å². The smallest absolute Gasteiger partial charge is 0.0366 e. The SMILES string of the molecule is CCCCN(CCC(C)CCCl)c1ccccc1. The molecule has 1 rings (SSSR count). The van der Waals surface area contributed by atoms with Gasteiger partial charge in [-0.3, -0.25) is 0 Å². The van der Waals surface area contributed by atoms with Crippen molar-refractivity contribution in [3.05, 3.63) is 30.3 Å². The van der Waals surface area contributed by atoms with E-state index >= 15 is 0 Å². The Bertz CT molecular complexity index is 299. The third-order valence-corrected chi connectivity index (χ3v) is 3.61. The second-order valence-electron chi connectivity index (χ2n) is 5.05. The van der Waals surface area contributed by atoms with Crippen LogP contribution in [0.25, 0.3) is 0 Å². The van der Waals surface area contributed by atoms with Gasteiger partial charge in [-0.2, -0.15) is 0 Å². The van der Waals surface area contributed by atoms with Gasteiger partial charge in [0.1, 0.15) is 0 Å². The lowest BCUT2D eigenvalue weighted by Crippen LogP contribution is -2.26. The molecule has 102 valence electrons. The molecule has 1 atom stereocenters. The van der Waals surface area contributed by atoms with Gasteiger partial charge >= 0.3 is 0 Å². The fourth-order valence-electron chi connectivity index (χ4n) is 2.06. The lowest BCUT2D eigenvalue weighted by atomic mass is 10.0. The van der Waals surface area contributed by atoms with Crippen LogP contribution in [0.5, 0.6) is 0 Å². The van der Waals surface area contributed by atoms with Crippen molar-refractivity contribution in [3.8, 4) is 0 Å². The van der Waals surface area contributed by atoms with E-state index in [9.17, 15) is 0 Å². The molecule has 0 spiro atoms. The molecule has 0 bridgehead atoms. The van der Waals surface area contributed by atoms with Gasteiger partial charge in [-0.1, -0.05) is 38.5 Å². The molecule has 0 N–H and O–H groups in total. The number of unbranched alkanes of at least 4 members (excludes halogenated alkanes) is 1. The first-order valence-electron chi connectivity index (χ1n) is 7.13. The number of para-hydroxylation sites is 1. The molecular weight excluding hydrogens is 242 g/mol. The summed E-state index contributed by atoms with van der Waals surface area (Å²) in [5.74, 6) is 1.50. The van der Waals surface area contributed by atoms with Gasteiger partial charge in [0.05, 0.1) is 0 Å². The molecule has 1 unspecified atom stereocenters. The quantitative estimate of drug-likeness (QED) is 0.573. The van der Waals surface area contributed by atoms with E-state index in [1.807, 2.05) is 0 Å². The number of rotatable bonds is 9. The van der Waals surface area contributed by atoms with Gasteiger partial charge < -0.3 is 4.90 Å². The van der Waals surface area contributed by atoms with Gasteiger partial charge in [-0.15, -0.1) is 11.6 Å². The van der Waals surface area contributed by atoms with Crippen LogP contribution in [0.3, 0.4) is 0 Å². The topological polar surface area (TPSA) is 3.24 Å². The zero-order valence-electron chi connectivity index (χ0n) is 11.7. The molecule has 0 saturated heterocycles. The molecule has 2 heteroatoms. The maximum Gasteiger partial charge on any atom is 0.0366 e. The minimum Gasteiger partial charge on any atom is -0.372 e. The van der Waals surface area contributed by atoms with Gasteiger partial charge in [0.15, 0.2) is 0 Å². The standard InChI is InChI=1S/C16H26ClN/c1-3-4-13-18(14-11-15(2)10-12-17)16-8-6-5-7-9-16/h5-9,15H,3-4,10-14H2,1-2H3. The van der Waals surface area contributed by atoms with Crippen molar-refractivity contribution in [1.82, 2.24) is 0 Å². The van der Waals surface area contributed by atoms with Crippen molar-refractivity contribution in [3.63, 3.8) is 0 Å². The Kier molecular flexibility index (Phi) is 7.91. The Morgan fingerprint density at radius 3 is 2.44 bits per heavy atom. The fourth-order valence-corrected chi connectivity index (χ4v) is 2.44. The van der Waals surface area contributed by atoms with Gasteiger partial charge in [0.2, 0.25) is 0 Å². The lowest BCUT2D eigenvalue weighted by Gasteiger charge is -2.26. The van der Waals surface area contributed by atoms with Gasteiger partial charge in [0, 0.05) is 24.7 Å². The molecule has 0 aliphatic heterocycles. The van der Waals surface area contributed by atoms with Crippen LogP contribution < -0.4 is 4.90 Å². The molecule has 0 heterocycles. The van der Waals surface area contributed by atoms with Gasteiger partial charge in [0.25, 0.3) is 0 Å². The highest BCUT2D eigenvalue weighted by Crippen LogP contribution is 2.17. The van der Waals surface area contributed by atoms with Crippen LogP contribution >= 0.6 is 11.6 Å². The predicted octanol–water partition coefficient (Wildman–Crippen LogP) is 4.95. The average Bonchev–Trinajstić information content (AvgIpc) is 2.40. The van der Waals surface area contributed by atoms with Crippen molar-refractivity contribution in [2.75, 3.05) is 23.9 Å². The monoisotopic (exact) mass is 267 g/mol. The summed E-state index contributed by atoms with van der Waals surface area (Å²) >= 11 is 5.80. The second kappa shape index (κ2) is 9.27. The number of benzene rings is 1. The molecule has 0 amide bonds. The average molecular weight is 268 g/mol. The first-order valence-corrected chi connectivity index (χ1v) is 7.67. The molecule has 0 aliphatic rings. The molecule has 1 aromatic rings. The molecule has 0 saturated carbocycles. The minimum atomic E-state index is 0.718. The van der Waals surface area contributed by atoms with Crippen LogP contribution in [0.15, 0.2) is 30.3 Å². The van der Waals surface area contributed by atoms with Gasteiger partial charge in [-0.05, 0) is 37.3 Å². The lowest BCUT2D eigenvalue weighted by molar-refractivity contribution is 0.510. The van der Waals surface area contributed by atoms with Crippen LogP contribution in [-0.2, 0) is 0 Å². The van der Waals surface area contributed by atoms with Crippen LogP contribution in [0.2, 0.25) is 0 Å².